The van der Waals surface area contributed by atoms with Crippen LogP contribution in [0.25, 0.3) is 11.0 Å². The predicted molar refractivity (Wildman–Crippen MR) is 85.0 cm³/mol. The van der Waals surface area contributed by atoms with Crippen LogP contribution in [-0.4, -0.2) is 23.5 Å². The zero-order chi connectivity index (χ0) is 17.8. The van der Waals surface area contributed by atoms with Crippen LogP contribution in [0.15, 0.2) is 56.3 Å². The lowest BCUT2D eigenvalue weighted by Crippen LogP contribution is -2.30. The number of ether oxygens (including phenoxy) is 1. The Balaban J connectivity index is 1.63. The Bertz CT molecular complexity index is 972. The minimum absolute atomic E-state index is 0.0505. The molecule has 8 heteroatoms. The topological polar surface area (TPSA) is 119 Å². The fourth-order valence-electron chi connectivity index (χ4n) is 2.19. The van der Waals surface area contributed by atoms with Crippen LogP contribution in [-0.2, 0) is 16.1 Å². The number of furan rings is 1. The number of esters is 1. The third-order valence-electron chi connectivity index (χ3n) is 3.34. The maximum atomic E-state index is 11.8. The van der Waals surface area contributed by atoms with Crippen molar-refractivity contribution >= 4 is 22.8 Å². The first-order chi connectivity index (χ1) is 12.0. The van der Waals surface area contributed by atoms with Crippen LogP contribution in [0.3, 0.4) is 0 Å². The standard InChI is InChI=1S/C17H13NO7/c19-11-3-4-12-10(6-15(20)25-14(12)7-11)9-24-16(21)8-18-17(22)13-2-1-5-23-13/h1-7,19H,8-9H2,(H,18,22). The van der Waals surface area contributed by atoms with E-state index in [4.69, 9.17) is 13.6 Å². The smallest absolute Gasteiger partial charge is 0.336 e. The van der Waals surface area contributed by atoms with Gasteiger partial charge < -0.3 is 24.0 Å². The fraction of sp³-hybridized carbons (Fsp3) is 0.118. The Morgan fingerprint density at radius 1 is 1.20 bits per heavy atom. The quantitative estimate of drug-likeness (QED) is 0.533. The largest absolute Gasteiger partial charge is 0.508 e. The molecule has 3 aromatic rings. The molecule has 0 spiro atoms. The zero-order valence-electron chi connectivity index (χ0n) is 12.9. The molecule has 0 saturated carbocycles. The Hall–Kier alpha value is -3.55. The summed E-state index contributed by atoms with van der Waals surface area (Å²) in [5.41, 5.74) is -0.0168. The van der Waals surface area contributed by atoms with E-state index in [1.54, 1.807) is 12.1 Å². The summed E-state index contributed by atoms with van der Waals surface area (Å²) < 4.78 is 14.9. The number of hydrogen-bond acceptors (Lipinski definition) is 7. The van der Waals surface area contributed by atoms with Crippen LogP contribution in [0.5, 0.6) is 5.75 Å². The van der Waals surface area contributed by atoms with Crippen molar-refractivity contribution in [2.45, 2.75) is 6.61 Å². The predicted octanol–water partition coefficient (Wildman–Crippen LogP) is 1.56. The highest BCUT2D eigenvalue weighted by Gasteiger charge is 2.12. The van der Waals surface area contributed by atoms with E-state index in [0.29, 0.717) is 10.9 Å². The van der Waals surface area contributed by atoms with Gasteiger partial charge >= 0.3 is 11.6 Å². The average molecular weight is 343 g/mol. The highest BCUT2D eigenvalue weighted by atomic mass is 16.5. The van der Waals surface area contributed by atoms with Crippen molar-refractivity contribution in [3.8, 4) is 5.75 Å². The van der Waals surface area contributed by atoms with E-state index >= 15 is 0 Å². The molecule has 1 aromatic carbocycles. The molecule has 0 radical (unpaired) electrons. The van der Waals surface area contributed by atoms with Crippen molar-refractivity contribution in [2.75, 3.05) is 6.54 Å². The van der Waals surface area contributed by atoms with E-state index in [9.17, 15) is 19.5 Å². The molecule has 0 saturated heterocycles. The van der Waals surface area contributed by atoms with Crippen molar-refractivity contribution in [3.05, 3.63) is 64.4 Å². The maximum absolute atomic E-state index is 11.8. The Kier molecular flexibility index (Phi) is 4.51. The van der Waals surface area contributed by atoms with Gasteiger partial charge in [-0.05, 0) is 24.3 Å². The number of phenolic OH excluding ortho intramolecular Hbond substituents is 1. The Morgan fingerprint density at radius 3 is 2.80 bits per heavy atom. The van der Waals surface area contributed by atoms with Crippen LogP contribution < -0.4 is 10.9 Å². The highest BCUT2D eigenvalue weighted by molar-refractivity contribution is 5.93. The number of amides is 1. The van der Waals surface area contributed by atoms with E-state index in [1.807, 2.05) is 0 Å². The molecule has 0 fully saturated rings. The van der Waals surface area contributed by atoms with Crippen LogP contribution in [0.2, 0.25) is 0 Å². The minimum Gasteiger partial charge on any atom is -0.508 e. The second-order valence-corrected chi connectivity index (χ2v) is 5.09. The number of carbonyl (C=O) groups excluding carboxylic acids is 2. The van der Waals surface area contributed by atoms with Crippen LogP contribution in [0, 0.1) is 0 Å². The molecule has 2 N–H and O–H groups in total. The summed E-state index contributed by atoms with van der Waals surface area (Å²) in [6, 6.07) is 8.50. The summed E-state index contributed by atoms with van der Waals surface area (Å²) in [5.74, 6) is -1.19. The summed E-state index contributed by atoms with van der Waals surface area (Å²) in [4.78, 5) is 35.0. The van der Waals surface area contributed by atoms with E-state index in [2.05, 4.69) is 5.32 Å². The number of nitrogens with one attached hydrogen (secondary N) is 1. The van der Waals surface area contributed by atoms with Crippen LogP contribution in [0.1, 0.15) is 16.1 Å². The van der Waals surface area contributed by atoms with Crippen LogP contribution >= 0.6 is 0 Å². The number of aromatic hydroxyl groups is 1. The van der Waals surface area contributed by atoms with Gasteiger partial charge in [0.2, 0.25) is 0 Å². The van der Waals surface area contributed by atoms with E-state index in [-0.39, 0.29) is 30.2 Å². The number of benzene rings is 1. The molecule has 0 aliphatic carbocycles. The second kappa shape index (κ2) is 6.91. The van der Waals surface area contributed by atoms with Crippen molar-refractivity contribution < 1.29 is 28.3 Å². The molecule has 0 unspecified atom stereocenters. The van der Waals surface area contributed by atoms with Gasteiger partial charge in [-0.15, -0.1) is 0 Å². The van der Waals surface area contributed by atoms with Gasteiger partial charge in [0.05, 0.1) is 6.26 Å². The lowest BCUT2D eigenvalue weighted by atomic mass is 10.1. The molecule has 3 rings (SSSR count). The molecule has 128 valence electrons. The van der Waals surface area contributed by atoms with Gasteiger partial charge in [0.25, 0.3) is 5.91 Å². The number of phenols is 1. The Labute approximate surface area is 140 Å². The van der Waals surface area contributed by atoms with E-state index in [0.717, 1.165) is 0 Å². The molecule has 0 aliphatic heterocycles. The van der Waals surface area contributed by atoms with E-state index in [1.165, 1.54) is 30.5 Å². The molecule has 0 bridgehead atoms. The van der Waals surface area contributed by atoms with Crippen LogP contribution in [0.4, 0.5) is 0 Å². The first-order valence-corrected chi connectivity index (χ1v) is 7.26. The normalized spacial score (nSPS) is 10.6. The monoisotopic (exact) mass is 343 g/mol. The minimum atomic E-state index is -0.680. The fourth-order valence-corrected chi connectivity index (χ4v) is 2.19. The van der Waals surface area contributed by atoms with Crippen molar-refractivity contribution in [3.63, 3.8) is 0 Å². The number of rotatable bonds is 5. The summed E-state index contributed by atoms with van der Waals surface area (Å²) in [6.07, 6.45) is 1.34. The van der Waals surface area contributed by atoms with Crippen molar-refractivity contribution in [1.29, 1.82) is 0 Å². The van der Waals surface area contributed by atoms with Gasteiger partial charge in [-0.2, -0.15) is 0 Å². The van der Waals surface area contributed by atoms with Crippen molar-refractivity contribution in [2.24, 2.45) is 0 Å². The van der Waals surface area contributed by atoms with Gasteiger partial charge in [-0.25, -0.2) is 4.79 Å². The molecule has 25 heavy (non-hydrogen) atoms. The molecule has 8 nitrogen and oxygen atoms in total. The summed E-state index contributed by atoms with van der Waals surface area (Å²) in [7, 11) is 0. The van der Waals surface area contributed by atoms with E-state index < -0.39 is 17.5 Å². The Morgan fingerprint density at radius 2 is 2.04 bits per heavy atom. The summed E-state index contributed by atoms with van der Waals surface area (Å²) in [5, 5.41) is 12.3. The zero-order valence-corrected chi connectivity index (χ0v) is 12.9. The molecular formula is C17H13NO7. The second-order valence-electron chi connectivity index (χ2n) is 5.09. The molecule has 2 aromatic heterocycles. The van der Waals surface area contributed by atoms with Gasteiger partial charge in [-0.3, -0.25) is 9.59 Å². The molecule has 2 heterocycles. The number of fused-ring (bicyclic) bond motifs is 1. The SMILES string of the molecule is O=C(CNC(=O)c1ccco1)OCc1cc(=O)oc2cc(O)ccc12. The lowest BCUT2D eigenvalue weighted by molar-refractivity contribution is -0.143. The molecule has 1 amide bonds. The first kappa shape index (κ1) is 16.3. The van der Waals surface area contributed by atoms with Gasteiger partial charge in [0.15, 0.2) is 5.76 Å². The third kappa shape index (κ3) is 3.86. The lowest BCUT2D eigenvalue weighted by Gasteiger charge is -2.08. The number of carbonyl (C=O) groups is 2. The van der Waals surface area contributed by atoms with Gasteiger partial charge in [0, 0.05) is 23.1 Å². The first-order valence-electron chi connectivity index (χ1n) is 7.26. The number of hydrogen-bond donors (Lipinski definition) is 2. The maximum Gasteiger partial charge on any atom is 0.336 e. The summed E-state index contributed by atoms with van der Waals surface area (Å²) in [6.45, 7) is -0.526. The molecule has 0 aliphatic rings. The molecular weight excluding hydrogens is 330 g/mol. The van der Waals surface area contributed by atoms with Gasteiger partial charge in [-0.1, -0.05) is 0 Å². The average Bonchev–Trinajstić information content (AvgIpc) is 3.11. The third-order valence-corrected chi connectivity index (χ3v) is 3.34. The van der Waals surface area contributed by atoms with Crippen molar-refractivity contribution in [1.82, 2.24) is 5.32 Å². The summed E-state index contributed by atoms with van der Waals surface area (Å²) >= 11 is 0. The van der Waals surface area contributed by atoms with Gasteiger partial charge in [0.1, 0.15) is 24.5 Å². The molecule has 0 atom stereocenters. The highest BCUT2D eigenvalue weighted by Crippen LogP contribution is 2.22.